The van der Waals surface area contributed by atoms with E-state index in [0.29, 0.717) is 18.5 Å². The van der Waals surface area contributed by atoms with Crippen molar-refractivity contribution in [2.45, 2.75) is 12.5 Å². The first kappa shape index (κ1) is 21.2. The van der Waals surface area contributed by atoms with Crippen molar-refractivity contribution in [3.63, 3.8) is 0 Å². The molecule has 0 bridgehead atoms. The number of nitro benzene ring substituents is 1. The topological polar surface area (TPSA) is 104 Å². The minimum Gasteiger partial charge on any atom is -0.507 e. The third-order valence-corrected chi connectivity index (χ3v) is 4.99. The lowest BCUT2D eigenvalue weighted by molar-refractivity contribution is -0.384. The van der Waals surface area contributed by atoms with E-state index in [1.807, 2.05) is 25.1 Å². The summed E-state index contributed by atoms with van der Waals surface area (Å²) in [6, 6.07) is 13.6. The molecular formula is C22H23N3O5. The highest BCUT2D eigenvalue weighted by Crippen LogP contribution is 2.39. The fourth-order valence-electron chi connectivity index (χ4n) is 3.57. The molecule has 1 unspecified atom stereocenters. The molecule has 2 aromatic carbocycles. The molecule has 8 nitrogen and oxygen atoms in total. The zero-order valence-electron chi connectivity index (χ0n) is 16.8. The van der Waals surface area contributed by atoms with Crippen molar-refractivity contribution in [1.29, 1.82) is 0 Å². The number of hydrogen-bond acceptors (Lipinski definition) is 6. The minimum atomic E-state index is -0.794. The van der Waals surface area contributed by atoms with Gasteiger partial charge in [-0.15, -0.1) is 0 Å². The van der Waals surface area contributed by atoms with E-state index in [2.05, 4.69) is 0 Å². The predicted molar refractivity (Wildman–Crippen MR) is 112 cm³/mol. The number of carbonyl (C=O) groups is 2. The molecule has 0 aromatic heterocycles. The Labute approximate surface area is 174 Å². The number of amides is 1. The SMILES string of the molecule is CN(C)CCCN1C(=O)C(=O)/C(=C(\O)c2cccc([N+](=O)[O-])c2)C1c1ccccc1. The Hall–Kier alpha value is -3.52. The summed E-state index contributed by atoms with van der Waals surface area (Å²) in [7, 11) is 3.84. The quantitative estimate of drug-likeness (QED) is 0.248. The van der Waals surface area contributed by atoms with Gasteiger partial charge in [-0.3, -0.25) is 19.7 Å². The van der Waals surface area contributed by atoms with Crippen molar-refractivity contribution in [3.05, 3.63) is 81.4 Å². The van der Waals surface area contributed by atoms with E-state index in [-0.39, 0.29) is 16.8 Å². The first-order valence-corrected chi connectivity index (χ1v) is 9.54. The third-order valence-electron chi connectivity index (χ3n) is 4.99. The molecule has 1 atom stereocenters. The van der Waals surface area contributed by atoms with Crippen molar-refractivity contribution in [3.8, 4) is 0 Å². The lowest BCUT2D eigenvalue weighted by Crippen LogP contribution is -2.32. The van der Waals surface area contributed by atoms with Crippen LogP contribution in [0.2, 0.25) is 0 Å². The second-order valence-electron chi connectivity index (χ2n) is 7.37. The normalized spacial score (nSPS) is 18.2. The summed E-state index contributed by atoms with van der Waals surface area (Å²) in [6.45, 7) is 1.07. The number of non-ortho nitro benzene ring substituents is 1. The predicted octanol–water partition coefficient (Wildman–Crippen LogP) is 2.97. The van der Waals surface area contributed by atoms with Crippen LogP contribution in [0.1, 0.15) is 23.6 Å². The van der Waals surface area contributed by atoms with Gasteiger partial charge in [0.1, 0.15) is 5.76 Å². The van der Waals surface area contributed by atoms with Crippen LogP contribution in [0.3, 0.4) is 0 Å². The van der Waals surface area contributed by atoms with Gasteiger partial charge in [0.15, 0.2) is 0 Å². The zero-order valence-corrected chi connectivity index (χ0v) is 16.8. The van der Waals surface area contributed by atoms with E-state index >= 15 is 0 Å². The summed E-state index contributed by atoms with van der Waals surface area (Å²) >= 11 is 0. The standard InChI is InChI=1S/C22H23N3O5/c1-23(2)12-7-13-24-19(15-8-4-3-5-9-15)18(21(27)22(24)28)20(26)16-10-6-11-17(14-16)25(29)30/h3-6,8-11,14,19,26H,7,12-13H2,1-2H3/b20-18-. The molecule has 0 aliphatic carbocycles. The molecule has 1 amide bonds. The van der Waals surface area contributed by atoms with Crippen molar-refractivity contribution in [2.24, 2.45) is 0 Å². The highest BCUT2D eigenvalue weighted by molar-refractivity contribution is 6.46. The maximum absolute atomic E-state index is 12.9. The van der Waals surface area contributed by atoms with Gasteiger partial charge >= 0.3 is 0 Å². The molecule has 0 saturated carbocycles. The van der Waals surface area contributed by atoms with Gasteiger partial charge in [-0.05, 0) is 32.6 Å². The summed E-state index contributed by atoms with van der Waals surface area (Å²) < 4.78 is 0. The van der Waals surface area contributed by atoms with E-state index in [1.165, 1.54) is 29.2 Å². The number of Topliss-reactive ketones (excluding diaryl/α,β-unsaturated/α-hetero) is 1. The first-order chi connectivity index (χ1) is 14.3. The number of aliphatic hydroxyl groups is 1. The lowest BCUT2D eigenvalue weighted by atomic mass is 9.95. The second-order valence-corrected chi connectivity index (χ2v) is 7.37. The van der Waals surface area contributed by atoms with Gasteiger partial charge in [-0.2, -0.15) is 0 Å². The summed E-state index contributed by atoms with van der Waals surface area (Å²) in [5, 5.41) is 22.0. The molecule has 0 spiro atoms. The van der Waals surface area contributed by atoms with E-state index in [0.717, 1.165) is 6.54 Å². The molecule has 1 saturated heterocycles. The fourth-order valence-corrected chi connectivity index (χ4v) is 3.57. The molecule has 1 heterocycles. The Kier molecular flexibility index (Phi) is 6.27. The van der Waals surface area contributed by atoms with Crippen LogP contribution in [0.15, 0.2) is 60.2 Å². The van der Waals surface area contributed by atoms with Gasteiger partial charge in [0.25, 0.3) is 17.4 Å². The van der Waals surface area contributed by atoms with Crippen LogP contribution in [-0.2, 0) is 9.59 Å². The van der Waals surface area contributed by atoms with Crippen LogP contribution in [0.5, 0.6) is 0 Å². The lowest BCUT2D eigenvalue weighted by Gasteiger charge is -2.25. The Morgan fingerprint density at radius 1 is 1.13 bits per heavy atom. The number of hydrogen-bond donors (Lipinski definition) is 1. The average molecular weight is 409 g/mol. The monoisotopic (exact) mass is 409 g/mol. The number of nitro groups is 1. The first-order valence-electron chi connectivity index (χ1n) is 9.54. The van der Waals surface area contributed by atoms with Crippen molar-refractivity contribution in [1.82, 2.24) is 9.80 Å². The summed E-state index contributed by atoms with van der Waals surface area (Å²) in [6.07, 6.45) is 0.653. The van der Waals surface area contributed by atoms with Crippen molar-refractivity contribution < 1.29 is 19.6 Å². The van der Waals surface area contributed by atoms with Crippen LogP contribution < -0.4 is 0 Å². The molecule has 8 heteroatoms. The Bertz CT molecular complexity index is 1000. The second kappa shape index (κ2) is 8.87. The summed E-state index contributed by atoms with van der Waals surface area (Å²) in [5.41, 5.74) is 0.539. The number of nitrogens with zero attached hydrogens (tertiary/aromatic N) is 3. The number of benzene rings is 2. The molecule has 1 fully saturated rings. The fraction of sp³-hybridized carbons (Fsp3) is 0.273. The van der Waals surface area contributed by atoms with Crippen LogP contribution in [-0.4, -0.2) is 58.7 Å². The minimum absolute atomic E-state index is 0.0587. The molecule has 30 heavy (non-hydrogen) atoms. The molecule has 156 valence electrons. The molecule has 1 N–H and O–H groups in total. The molecule has 1 aliphatic rings. The average Bonchev–Trinajstić information content (AvgIpc) is 2.98. The Morgan fingerprint density at radius 2 is 1.83 bits per heavy atom. The van der Waals surface area contributed by atoms with Gasteiger partial charge in [0.05, 0.1) is 16.5 Å². The largest absolute Gasteiger partial charge is 0.507 e. The van der Waals surface area contributed by atoms with Gasteiger partial charge < -0.3 is 14.9 Å². The van der Waals surface area contributed by atoms with Crippen LogP contribution in [0, 0.1) is 10.1 Å². The molecule has 3 rings (SSSR count). The molecule has 2 aromatic rings. The van der Waals surface area contributed by atoms with E-state index in [1.54, 1.807) is 24.3 Å². The third kappa shape index (κ3) is 4.23. The van der Waals surface area contributed by atoms with Crippen LogP contribution in [0.25, 0.3) is 5.76 Å². The van der Waals surface area contributed by atoms with Gasteiger partial charge in [-0.1, -0.05) is 42.5 Å². The van der Waals surface area contributed by atoms with Crippen LogP contribution >= 0.6 is 0 Å². The number of aliphatic hydroxyl groups excluding tert-OH is 1. The highest BCUT2D eigenvalue weighted by Gasteiger charge is 2.45. The maximum atomic E-state index is 12.9. The summed E-state index contributed by atoms with van der Waals surface area (Å²) in [4.78, 5) is 39.6. The Balaban J connectivity index is 2.09. The van der Waals surface area contributed by atoms with Crippen molar-refractivity contribution in [2.75, 3.05) is 27.2 Å². The van der Waals surface area contributed by atoms with Gasteiger partial charge in [0.2, 0.25) is 0 Å². The van der Waals surface area contributed by atoms with Crippen LogP contribution in [0.4, 0.5) is 5.69 Å². The smallest absolute Gasteiger partial charge is 0.295 e. The Morgan fingerprint density at radius 3 is 2.47 bits per heavy atom. The van der Waals surface area contributed by atoms with E-state index < -0.39 is 28.4 Å². The van der Waals surface area contributed by atoms with E-state index in [4.69, 9.17) is 0 Å². The molecule has 1 aliphatic heterocycles. The summed E-state index contributed by atoms with van der Waals surface area (Å²) in [5.74, 6) is -1.90. The molecule has 0 radical (unpaired) electrons. The maximum Gasteiger partial charge on any atom is 0.295 e. The van der Waals surface area contributed by atoms with E-state index in [9.17, 15) is 24.8 Å². The van der Waals surface area contributed by atoms with Crippen molar-refractivity contribution >= 4 is 23.1 Å². The number of ketones is 1. The van der Waals surface area contributed by atoms with Gasteiger partial charge in [-0.25, -0.2) is 0 Å². The highest BCUT2D eigenvalue weighted by atomic mass is 16.6. The van der Waals surface area contributed by atoms with Gasteiger partial charge in [0, 0.05) is 24.2 Å². The number of carbonyl (C=O) groups excluding carboxylic acids is 2. The number of rotatable bonds is 7. The zero-order chi connectivity index (χ0) is 21.8. The molecular weight excluding hydrogens is 386 g/mol. The number of likely N-dealkylation sites (tertiary alicyclic amines) is 1.